The summed E-state index contributed by atoms with van der Waals surface area (Å²) in [5.74, 6) is -0.578. The highest BCUT2D eigenvalue weighted by molar-refractivity contribution is 9.10. The summed E-state index contributed by atoms with van der Waals surface area (Å²) in [6.07, 6.45) is 7.00. The number of hydrogen-bond acceptors (Lipinski definition) is 6. The Morgan fingerprint density at radius 3 is 2.76 bits per heavy atom. The molecule has 0 amide bonds. The molecule has 0 spiro atoms. The SMILES string of the molecule is O=C(c1cnccc1Br)c1nn2ccncc2c1[N+](=O)[O-]. The van der Waals surface area contributed by atoms with Crippen molar-refractivity contribution in [3.8, 4) is 0 Å². The van der Waals surface area contributed by atoms with Crippen molar-refractivity contribution in [3.05, 3.63) is 62.9 Å². The molecule has 0 bridgehead atoms. The minimum absolute atomic E-state index is 0.158. The van der Waals surface area contributed by atoms with Crippen LogP contribution >= 0.6 is 15.9 Å². The van der Waals surface area contributed by atoms with E-state index in [-0.39, 0.29) is 22.5 Å². The summed E-state index contributed by atoms with van der Waals surface area (Å²) in [5.41, 5.74) is -0.256. The van der Waals surface area contributed by atoms with E-state index >= 15 is 0 Å². The highest BCUT2D eigenvalue weighted by atomic mass is 79.9. The number of rotatable bonds is 3. The van der Waals surface area contributed by atoms with E-state index in [1.165, 1.54) is 35.5 Å². The van der Waals surface area contributed by atoms with Crippen LogP contribution in [0.3, 0.4) is 0 Å². The quantitative estimate of drug-likeness (QED) is 0.408. The minimum Gasteiger partial charge on any atom is -0.286 e. The van der Waals surface area contributed by atoms with E-state index in [1.54, 1.807) is 6.07 Å². The van der Waals surface area contributed by atoms with Crippen molar-refractivity contribution in [2.75, 3.05) is 0 Å². The van der Waals surface area contributed by atoms with Crippen molar-refractivity contribution in [2.24, 2.45) is 0 Å². The average Bonchev–Trinajstić information content (AvgIpc) is 2.86. The molecule has 0 aromatic carbocycles. The molecule has 0 aliphatic heterocycles. The molecule has 3 aromatic heterocycles. The number of aromatic nitrogens is 4. The van der Waals surface area contributed by atoms with Crippen LogP contribution in [0, 0.1) is 10.1 Å². The van der Waals surface area contributed by atoms with Crippen molar-refractivity contribution in [1.82, 2.24) is 19.6 Å². The topological polar surface area (TPSA) is 103 Å². The number of carbonyl (C=O) groups is 1. The van der Waals surface area contributed by atoms with Crippen molar-refractivity contribution >= 4 is 32.9 Å². The summed E-state index contributed by atoms with van der Waals surface area (Å²) < 4.78 is 1.75. The lowest BCUT2D eigenvalue weighted by Crippen LogP contribution is -2.06. The van der Waals surface area contributed by atoms with E-state index in [0.717, 1.165) is 0 Å². The van der Waals surface area contributed by atoms with Gasteiger partial charge in [-0.1, -0.05) is 0 Å². The number of nitro groups is 1. The van der Waals surface area contributed by atoms with Gasteiger partial charge in [0.1, 0.15) is 0 Å². The molecule has 21 heavy (non-hydrogen) atoms. The monoisotopic (exact) mass is 347 g/mol. The van der Waals surface area contributed by atoms with Gasteiger partial charge in [-0.05, 0) is 22.0 Å². The van der Waals surface area contributed by atoms with E-state index in [2.05, 4.69) is 31.0 Å². The Morgan fingerprint density at radius 2 is 2.05 bits per heavy atom. The molecule has 0 saturated carbocycles. The second kappa shape index (κ2) is 5.02. The van der Waals surface area contributed by atoms with Crippen LogP contribution in [0.1, 0.15) is 16.1 Å². The third-order valence-electron chi connectivity index (χ3n) is 2.82. The largest absolute Gasteiger partial charge is 0.327 e. The summed E-state index contributed by atoms with van der Waals surface area (Å²) in [4.78, 5) is 30.8. The molecular weight excluding hydrogens is 342 g/mol. The Balaban J connectivity index is 2.25. The van der Waals surface area contributed by atoms with E-state index < -0.39 is 10.7 Å². The molecule has 0 fully saturated rings. The lowest BCUT2D eigenvalue weighted by atomic mass is 10.1. The Kier molecular flexibility index (Phi) is 3.18. The van der Waals surface area contributed by atoms with Crippen LogP contribution in [0.15, 0.2) is 41.5 Å². The fourth-order valence-corrected chi connectivity index (χ4v) is 2.29. The molecule has 0 radical (unpaired) electrons. The van der Waals surface area contributed by atoms with Crippen LogP contribution < -0.4 is 0 Å². The summed E-state index contributed by atoms with van der Waals surface area (Å²) in [6, 6.07) is 1.58. The number of pyridine rings is 1. The first-order valence-corrected chi connectivity index (χ1v) is 6.50. The van der Waals surface area contributed by atoms with Gasteiger partial charge < -0.3 is 0 Å². The van der Waals surface area contributed by atoms with Crippen LogP contribution in [0.5, 0.6) is 0 Å². The molecule has 0 aliphatic carbocycles. The summed E-state index contributed by atoms with van der Waals surface area (Å²) in [6.45, 7) is 0. The van der Waals surface area contributed by atoms with Gasteiger partial charge in [-0.15, -0.1) is 0 Å². The number of carbonyl (C=O) groups excluding carboxylic acids is 1. The second-order valence-corrected chi connectivity index (χ2v) is 4.90. The molecule has 0 atom stereocenters. The highest BCUT2D eigenvalue weighted by Crippen LogP contribution is 2.27. The zero-order chi connectivity index (χ0) is 15.0. The first-order chi connectivity index (χ1) is 10.1. The Labute approximate surface area is 125 Å². The van der Waals surface area contributed by atoms with E-state index in [4.69, 9.17) is 0 Å². The predicted octanol–water partition coefficient (Wildman–Crippen LogP) is 2.03. The van der Waals surface area contributed by atoms with Gasteiger partial charge >= 0.3 is 5.69 Å². The molecule has 0 saturated heterocycles. The smallest absolute Gasteiger partial charge is 0.286 e. The lowest BCUT2D eigenvalue weighted by molar-refractivity contribution is -0.383. The molecule has 0 aliphatic rings. The lowest BCUT2D eigenvalue weighted by Gasteiger charge is -1.99. The fourth-order valence-electron chi connectivity index (χ4n) is 1.89. The second-order valence-electron chi connectivity index (χ2n) is 4.05. The van der Waals surface area contributed by atoms with E-state index in [0.29, 0.717) is 4.47 Å². The van der Waals surface area contributed by atoms with E-state index in [1.807, 2.05) is 0 Å². The molecule has 3 rings (SSSR count). The van der Waals surface area contributed by atoms with Crippen LogP contribution in [0.25, 0.3) is 5.52 Å². The molecule has 9 heteroatoms. The Hall–Kier alpha value is -2.68. The maximum absolute atomic E-state index is 12.5. The summed E-state index contributed by atoms with van der Waals surface area (Å²) in [7, 11) is 0. The molecule has 0 unspecified atom stereocenters. The van der Waals surface area contributed by atoms with Gasteiger partial charge in [0, 0.05) is 29.3 Å². The number of hydrogen-bond donors (Lipinski definition) is 0. The van der Waals surface area contributed by atoms with Gasteiger partial charge in [-0.25, -0.2) is 4.52 Å². The molecule has 104 valence electrons. The van der Waals surface area contributed by atoms with Crippen molar-refractivity contribution in [3.63, 3.8) is 0 Å². The summed E-state index contributed by atoms with van der Waals surface area (Å²) >= 11 is 3.22. The molecule has 3 heterocycles. The van der Waals surface area contributed by atoms with Gasteiger partial charge in [0.2, 0.25) is 11.5 Å². The third-order valence-corrected chi connectivity index (χ3v) is 3.51. The average molecular weight is 348 g/mol. The zero-order valence-electron chi connectivity index (χ0n) is 10.3. The van der Waals surface area contributed by atoms with Gasteiger partial charge in [-0.3, -0.25) is 24.9 Å². The zero-order valence-corrected chi connectivity index (χ0v) is 11.9. The molecule has 3 aromatic rings. The van der Waals surface area contributed by atoms with Gasteiger partial charge in [-0.2, -0.15) is 5.10 Å². The molecule has 8 nitrogen and oxygen atoms in total. The van der Waals surface area contributed by atoms with Gasteiger partial charge in [0.15, 0.2) is 5.52 Å². The van der Waals surface area contributed by atoms with Crippen LogP contribution in [0.2, 0.25) is 0 Å². The number of halogens is 1. The van der Waals surface area contributed by atoms with Crippen molar-refractivity contribution in [2.45, 2.75) is 0 Å². The highest BCUT2D eigenvalue weighted by Gasteiger charge is 2.30. The van der Waals surface area contributed by atoms with Crippen molar-refractivity contribution < 1.29 is 9.72 Å². The first-order valence-electron chi connectivity index (χ1n) is 5.70. The van der Waals surface area contributed by atoms with Gasteiger partial charge in [0.05, 0.1) is 16.7 Å². The Morgan fingerprint density at radius 1 is 1.29 bits per heavy atom. The summed E-state index contributed by atoms with van der Waals surface area (Å²) in [5, 5.41) is 15.3. The van der Waals surface area contributed by atoms with Crippen molar-refractivity contribution in [1.29, 1.82) is 0 Å². The third kappa shape index (κ3) is 2.17. The van der Waals surface area contributed by atoms with E-state index in [9.17, 15) is 14.9 Å². The number of ketones is 1. The molecule has 0 N–H and O–H groups in total. The normalized spacial score (nSPS) is 10.7. The van der Waals surface area contributed by atoms with Crippen LogP contribution in [0.4, 0.5) is 5.69 Å². The maximum Gasteiger partial charge on any atom is 0.327 e. The first kappa shape index (κ1) is 13.3. The Bertz CT molecular complexity index is 876. The molecular formula is C12H6BrN5O3. The minimum atomic E-state index is -0.637. The van der Waals surface area contributed by atoms with Crippen LogP contribution in [-0.4, -0.2) is 30.3 Å². The number of fused-ring (bicyclic) bond motifs is 1. The number of nitrogens with zero attached hydrogens (tertiary/aromatic N) is 5. The predicted molar refractivity (Wildman–Crippen MR) is 75.0 cm³/mol. The fraction of sp³-hybridized carbons (Fsp3) is 0. The van der Waals surface area contributed by atoms with Gasteiger partial charge in [0.25, 0.3) is 0 Å². The van der Waals surface area contributed by atoms with Crippen LogP contribution in [-0.2, 0) is 0 Å². The maximum atomic E-state index is 12.5. The standard InChI is InChI=1S/C12H6BrN5O3/c13-8-1-2-14-5-7(8)12(19)10-11(18(20)21)9-6-15-3-4-17(9)16-10/h1-6H.